The Kier molecular flexibility index (Phi) is 2.96. The maximum atomic E-state index is 13.6. The molecule has 0 saturated carbocycles. The van der Waals surface area contributed by atoms with Crippen LogP contribution in [0.4, 0.5) is 4.39 Å². The van der Waals surface area contributed by atoms with E-state index in [4.69, 9.17) is 0 Å². The highest BCUT2D eigenvalue weighted by atomic mass is 32.1. The number of rotatable bonds is 2. The number of carbonyl (C=O) groups is 1. The zero-order valence-corrected chi connectivity index (χ0v) is 10.5. The molecule has 92 valence electrons. The number of carbonyl (C=O) groups excluding carboxylic acids is 1. The predicted octanol–water partition coefficient (Wildman–Crippen LogP) is 3.59. The minimum Gasteiger partial charge on any atom is -0.293 e. The Morgan fingerprint density at radius 2 is 2.33 bits per heavy atom. The summed E-state index contributed by atoms with van der Waals surface area (Å²) in [6.07, 6.45) is 5.41. The lowest BCUT2D eigenvalue weighted by Crippen LogP contribution is -2.18. The second-order valence-corrected chi connectivity index (χ2v) is 5.46. The largest absolute Gasteiger partial charge is 0.293 e. The summed E-state index contributed by atoms with van der Waals surface area (Å²) < 4.78 is 13.6. The summed E-state index contributed by atoms with van der Waals surface area (Å²) in [5.41, 5.74) is 1.25. The first-order valence-electron chi connectivity index (χ1n) is 5.97. The maximum absolute atomic E-state index is 13.6. The molecule has 0 N–H and O–H groups in total. The molecule has 0 bridgehead atoms. The first kappa shape index (κ1) is 11.5. The third kappa shape index (κ3) is 1.86. The average molecular weight is 261 g/mol. The van der Waals surface area contributed by atoms with Crippen LogP contribution in [0.15, 0.2) is 29.9 Å². The van der Waals surface area contributed by atoms with Crippen LogP contribution in [0.1, 0.15) is 39.6 Å². The van der Waals surface area contributed by atoms with Gasteiger partial charge in [0.1, 0.15) is 0 Å². The van der Waals surface area contributed by atoms with Crippen molar-refractivity contribution in [1.82, 2.24) is 4.98 Å². The zero-order valence-electron chi connectivity index (χ0n) is 9.73. The van der Waals surface area contributed by atoms with Crippen molar-refractivity contribution in [3.05, 3.63) is 51.7 Å². The van der Waals surface area contributed by atoms with Crippen LogP contribution in [-0.4, -0.2) is 10.8 Å². The lowest BCUT2D eigenvalue weighted by molar-refractivity contribution is 0.0947. The van der Waals surface area contributed by atoms with Gasteiger partial charge in [-0.1, -0.05) is 0 Å². The van der Waals surface area contributed by atoms with Gasteiger partial charge in [0.2, 0.25) is 0 Å². The molecule has 2 aromatic heterocycles. The van der Waals surface area contributed by atoms with E-state index >= 15 is 0 Å². The summed E-state index contributed by atoms with van der Waals surface area (Å²) in [6, 6.07) is 3.47. The van der Waals surface area contributed by atoms with Gasteiger partial charge in [0.25, 0.3) is 0 Å². The molecule has 4 heteroatoms. The van der Waals surface area contributed by atoms with Crippen molar-refractivity contribution in [2.45, 2.75) is 25.2 Å². The molecular formula is C14H12FNOS. The third-order valence-corrected chi connectivity index (χ3v) is 4.40. The van der Waals surface area contributed by atoms with Crippen molar-refractivity contribution in [2.24, 2.45) is 0 Å². The highest BCUT2D eigenvalue weighted by molar-refractivity contribution is 7.10. The van der Waals surface area contributed by atoms with Gasteiger partial charge in [-0.15, -0.1) is 11.3 Å². The van der Waals surface area contributed by atoms with Gasteiger partial charge in [0.05, 0.1) is 11.8 Å². The third-order valence-electron chi connectivity index (χ3n) is 3.41. The van der Waals surface area contributed by atoms with Crippen LogP contribution in [0.2, 0.25) is 0 Å². The number of hydrogen-bond donors (Lipinski definition) is 0. The molecule has 0 saturated heterocycles. The number of Topliss-reactive ketones (excluding diaryl/α,β-unsaturated/α-hetero) is 1. The topological polar surface area (TPSA) is 30.0 Å². The van der Waals surface area contributed by atoms with Crippen molar-refractivity contribution in [2.75, 3.05) is 0 Å². The molecule has 2 aromatic rings. The molecule has 0 amide bonds. The zero-order chi connectivity index (χ0) is 12.5. The Morgan fingerprint density at radius 3 is 3.17 bits per heavy atom. The molecule has 1 aliphatic carbocycles. The van der Waals surface area contributed by atoms with Gasteiger partial charge in [-0.2, -0.15) is 0 Å². The van der Waals surface area contributed by atoms with Crippen LogP contribution in [0.5, 0.6) is 0 Å². The molecule has 1 unspecified atom stereocenters. The Bertz CT molecular complexity index is 593. The number of aryl methyl sites for hydroxylation is 1. The first-order valence-corrected chi connectivity index (χ1v) is 6.85. The standard InChI is InChI=1S/C14H12FNOS/c15-12-8-16-6-4-11(12)14(17)10-2-1-3-13-9(10)5-7-18-13/h4-8,10H,1-3H2. The summed E-state index contributed by atoms with van der Waals surface area (Å²) >= 11 is 1.69. The van der Waals surface area contributed by atoms with Crippen molar-refractivity contribution in [1.29, 1.82) is 0 Å². The fourth-order valence-electron chi connectivity index (χ4n) is 2.52. The Labute approximate surface area is 108 Å². The second-order valence-electron chi connectivity index (χ2n) is 4.46. The number of hydrogen-bond acceptors (Lipinski definition) is 3. The number of nitrogens with zero attached hydrogens (tertiary/aromatic N) is 1. The van der Waals surface area contributed by atoms with E-state index < -0.39 is 5.82 Å². The monoisotopic (exact) mass is 261 g/mol. The Hall–Kier alpha value is -1.55. The highest BCUT2D eigenvalue weighted by Crippen LogP contribution is 2.37. The highest BCUT2D eigenvalue weighted by Gasteiger charge is 2.29. The van der Waals surface area contributed by atoms with E-state index in [-0.39, 0.29) is 17.3 Å². The maximum Gasteiger partial charge on any atom is 0.173 e. The first-order chi connectivity index (χ1) is 8.77. The average Bonchev–Trinajstić information content (AvgIpc) is 2.86. The molecule has 1 atom stereocenters. The van der Waals surface area contributed by atoms with E-state index in [1.54, 1.807) is 11.3 Å². The van der Waals surface area contributed by atoms with Crippen molar-refractivity contribution < 1.29 is 9.18 Å². The van der Waals surface area contributed by atoms with E-state index in [1.165, 1.54) is 17.1 Å². The van der Waals surface area contributed by atoms with Crippen LogP contribution in [-0.2, 0) is 6.42 Å². The van der Waals surface area contributed by atoms with E-state index in [0.717, 1.165) is 31.0 Å². The van der Waals surface area contributed by atoms with Crippen LogP contribution in [0.3, 0.4) is 0 Å². The van der Waals surface area contributed by atoms with Crippen LogP contribution < -0.4 is 0 Å². The van der Waals surface area contributed by atoms with Crippen LogP contribution >= 0.6 is 11.3 Å². The molecule has 1 aliphatic rings. The lowest BCUT2D eigenvalue weighted by atomic mass is 9.82. The molecular weight excluding hydrogens is 249 g/mol. The number of fused-ring (bicyclic) bond motifs is 1. The normalized spacial score (nSPS) is 18.4. The number of halogens is 1. The number of thiophene rings is 1. The summed E-state index contributed by atoms with van der Waals surface area (Å²) in [7, 11) is 0. The minimum absolute atomic E-state index is 0.116. The smallest absolute Gasteiger partial charge is 0.173 e. The molecule has 3 rings (SSSR count). The summed E-state index contributed by atoms with van der Waals surface area (Å²) in [4.78, 5) is 17.4. The van der Waals surface area contributed by atoms with Gasteiger partial charge >= 0.3 is 0 Å². The summed E-state index contributed by atoms with van der Waals surface area (Å²) in [6.45, 7) is 0. The number of aromatic nitrogens is 1. The van der Waals surface area contributed by atoms with Crippen LogP contribution in [0, 0.1) is 5.82 Å². The van der Waals surface area contributed by atoms with Gasteiger partial charge in [-0.25, -0.2) is 4.39 Å². The van der Waals surface area contributed by atoms with Crippen molar-refractivity contribution >= 4 is 17.1 Å². The number of pyridine rings is 1. The second kappa shape index (κ2) is 4.61. The van der Waals surface area contributed by atoms with Gasteiger partial charge in [0, 0.05) is 17.0 Å². The van der Waals surface area contributed by atoms with Gasteiger partial charge in [0.15, 0.2) is 11.6 Å². The fourth-order valence-corrected chi connectivity index (χ4v) is 3.51. The minimum atomic E-state index is -0.523. The van der Waals surface area contributed by atoms with E-state index in [9.17, 15) is 9.18 Å². The van der Waals surface area contributed by atoms with Gasteiger partial charge in [-0.05, 0) is 42.3 Å². The molecule has 0 radical (unpaired) electrons. The molecule has 0 aliphatic heterocycles. The predicted molar refractivity (Wildman–Crippen MR) is 68.5 cm³/mol. The van der Waals surface area contributed by atoms with E-state index in [2.05, 4.69) is 4.98 Å². The van der Waals surface area contributed by atoms with Gasteiger partial charge < -0.3 is 0 Å². The van der Waals surface area contributed by atoms with Crippen LogP contribution in [0.25, 0.3) is 0 Å². The Morgan fingerprint density at radius 1 is 1.44 bits per heavy atom. The van der Waals surface area contributed by atoms with Gasteiger partial charge in [-0.3, -0.25) is 9.78 Å². The molecule has 0 spiro atoms. The molecule has 2 nitrogen and oxygen atoms in total. The van der Waals surface area contributed by atoms with Crippen molar-refractivity contribution in [3.63, 3.8) is 0 Å². The molecule has 0 fully saturated rings. The Balaban J connectivity index is 1.98. The van der Waals surface area contributed by atoms with E-state index in [0.29, 0.717) is 0 Å². The lowest BCUT2D eigenvalue weighted by Gasteiger charge is -2.21. The molecule has 0 aromatic carbocycles. The molecule has 18 heavy (non-hydrogen) atoms. The fraction of sp³-hybridized carbons (Fsp3) is 0.286. The summed E-state index contributed by atoms with van der Waals surface area (Å²) in [5, 5.41) is 2.01. The quantitative estimate of drug-likeness (QED) is 0.773. The SMILES string of the molecule is O=C(c1ccncc1F)C1CCCc2sccc21. The number of ketones is 1. The van der Waals surface area contributed by atoms with Crippen molar-refractivity contribution in [3.8, 4) is 0 Å². The summed E-state index contributed by atoms with van der Waals surface area (Å²) in [5.74, 6) is -0.823. The molecule has 2 heterocycles. The van der Waals surface area contributed by atoms with E-state index in [1.807, 2.05) is 11.4 Å².